The molecule has 0 aliphatic carbocycles. The maximum atomic E-state index is 12.8. The van der Waals surface area contributed by atoms with E-state index in [2.05, 4.69) is 11.1 Å². The van der Waals surface area contributed by atoms with Crippen molar-refractivity contribution >= 4 is 44.6 Å². The van der Waals surface area contributed by atoms with Crippen LogP contribution in [0.1, 0.15) is 29.8 Å². The van der Waals surface area contributed by atoms with Crippen molar-refractivity contribution in [1.29, 1.82) is 0 Å². The summed E-state index contributed by atoms with van der Waals surface area (Å²) in [5.41, 5.74) is 2.51. The Hall–Kier alpha value is -2.99. The van der Waals surface area contributed by atoms with E-state index in [1.807, 2.05) is 47.4 Å². The van der Waals surface area contributed by atoms with E-state index in [1.165, 1.54) is 0 Å². The summed E-state index contributed by atoms with van der Waals surface area (Å²) in [5.74, 6) is 0.416. The first-order valence-electron chi connectivity index (χ1n) is 8.98. The number of fused-ring (bicyclic) bond motifs is 2. The average Bonchev–Trinajstić information content (AvgIpc) is 3.42. The van der Waals surface area contributed by atoms with Crippen LogP contribution in [0.2, 0.25) is 0 Å². The summed E-state index contributed by atoms with van der Waals surface area (Å²) >= 11 is 1.67. The minimum atomic E-state index is -0.0287. The van der Waals surface area contributed by atoms with Gasteiger partial charge in [0.15, 0.2) is 5.58 Å². The number of carbonyl (C=O) groups is 1. The predicted octanol–water partition coefficient (Wildman–Crippen LogP) is 4.81. The van der Waals surface area contributed by atoms with Crippen molar-refractivity contribution in [3.63, 3.8) is 0 Å². The molecule has 0 unspecified atom stereocenters. The van der Waals surface area contributed by atoms with Gasteiger partial charge in [0, 0.05) is 18.7 Å². The Kier molecular flexibility index (Phi) is 3.98. The first-order valence-corrected chi connectivity index (χ1v) is 9.79. The minimum Gasteiger partial charge on any atom is -0.437 e. The highest BCUT2D eigenvalue weighted by molar-refractivity contribution is 7.18. The fourth-order valence-electron chi connectivity index (χ4n) is 3.52. The molecule has 1 amide bonds. The first kappa shape index (κ1) is 16.2. The van der Waals surface area contributed by atoms with Crippen molar-refractivity contribution in [1.82, 2.24) is 14.9 Å². The Morgan fingerprint density at radius 2 is 1.93 bits per heavy atom. The van der Waals surface area contributed by atoms with Gasteiger partial charge in [0.1, 0.15) is 10.5 Å². The van der Waals surface area contributed by atoms with Crippen LogP contribution >= 0.6 is 11.3 Å². The van der Waals surface area contributed by atoms with Crippen LogP contribution in [0.4, 0.5) is 0 Å². The Labute approximate surface area is 160 Å². The van der Waals surface area contributed by atoms with Crippen LogP contribution in [0.3, 0.4) is 0 Å². The lowest BCUT2D eigenvalue weighted by molar-refractivity contribution is -0.126. The predicted molar refractivity (Wildman–Crippen MR) is 106 cm³/mol. The van der Waals surface area contributed by atoms with Gasteiger partial charge in [-0.15, -0.1) is 11.3 Å². The number of carbonyl (C=O) groups excluding carboxylic acids is 1. The van der Waals surface area contributed by atoms with E-state index in [4.69, 9.17) is 9.40 Å². The van der Waals surface area contributed by atoms with Gasteiger partial charge in [-0.25, -0.2) is 9.97 Å². The molecule has 5 nitrogen and oxygen atoms in total. The molecule has 4 aromatic rings. The maximum absolute atomic E-state index is 12.8. The molecule has 2 aromatic carbocycles. The molecule has 2 aromatic heterocycles. The first-order chi connectivity index (χ1) is 13.3. The molecule has 1 fully saturated rings. The number of hydrogen-bond donors (Lipinski definition) is 0. The average molecular weight is 375 g/mol. The second-order valence-corrected chi connectivity index (χ2v) is 7.62. The third-order valence-corrected chi connectivity index (χ3v) is 5.95. The van der Waals surface area contributed by atoms with Gasteiger partial charge in [-0.3, -0.25) is 4.79 Å². The summed E-state index contributed by atoms with van der Waals surface area (Å²) in [6.07, 6.45) is 5.14. The Bertz CT molecular complexity index is 1090. The van der Waals surface area contributed by atoms with E-state index in [0.29, 0.717) is 5.89 Å². The SMILES string of the molecule is O=C(/C=C\c1nc2ccccc2o1)N1CCC[C@@H]1c1nc2ccccc2s1. The van der Waals surface area contributed by atoms with Crippen molar-refractivity contribution in [3.8, 4) is 0 Å². The fourth-order valence-corrected chi connectivity index (χ4v) is 4.63. The van der Waals surface area contributed by atoms with Crippen LogP contribution in [-0.2, 0) is 4.79 Å². The fraction of sp³-hybridized carbons (Fsp3) is 0.190. The largest absolute Gasteiger partial charge is 0.437 e. The van der Waals surface area contributed by atoms with Gasteiger partial charge in [0.2, 0.25) is 11.8 Å². The van der Waals surface area contributed by atoms with Gasteiger partial charge in [-0.2, -0.15) is 0 Å². The molecule has 5 rings (SSSR count). The number of amides is 1. The van der Waals surface area contributed by atoms with E-state index in [1.54, 1.807) is 23.5 Å². The molecule has 1 aliphatic heterocycles. The smallest absolute Gasteiger partial charge is 0.247 e. The van der Waals surface area contributed by atoms with Gasteiger partial charge in [-0.1, -0.05) is 24.3 Å². The van der Waals surface area contributed by atoms with Crippen LogP contribution in [0, 0.1) is 0 Å². The third-order valence-electron chi connectivity index (χ3n) is 4.81. The maximum Gasteiger partial charge on any atom is 0.247 e. The van der Waals surface area contributed by atoms with Gasteiger partial charge >= 0.3 is 0 Å². The van der Waals surface area contributed by atoms with Crippen LogP contribution < -0.4 is 0 Å². The van der Waals surface area contributed by atoms with Crippen LogP contribution in [0.25, 0.3) is 27.4 Å². The number of likely N-dealkylation sites (tertiary alicyclic amines) is 1. The summed E-state index contributed by atoms with van der Waals surface area (Å²) in [4.78, 5) is 23.8. The minimum absolute atomic E-state index is 0.0287. The molecule has 6 heteroatoms. The zero-order valence-electron chi connectivity index (χ0n) is 14.5. The quantitative estimate of drug-likeness (QED) is 0.482. The van der Waals surface area contributed by atoms with Gasteiger partial charge < -0.3 is 9.32 Å². The highest BCUT2D eigenvalue weighted by atomic mass is 32.1. The van der Waals surface area contributed by atoms with E-state index in [-0.39, 0.29) is 11.9 Å². The normalized spacial score (nSPS) is 17.5. The number of oxazole rings is 1. The Morgan fingerprint density at radius 3 is 2.78 bits per heavy atom. The number of nitrogens with zero attached hydrogens (tertiary/aromatic N) is 3. The Balaban J connectivity index is 1.38. The standard InChI is InChI=1S/C21H17N3O2S/c25-20(12-11-19-22-14-6-1-3-9-17(14)26-19)24-13-5-8-16(24)21-23-15-7-2-4-10-18(15)27-21/h1-4,6-7,9-12,16H,5,8,13H2/b12-11-/t16-/m1/s1. The third kappa shape index (κ3) is 3.02. The van der Waals surface area contributed by atoms with Gasteiger partial charge in [0.25, 0.3) is 0 Å². The number of hydrogen-bond acceptors (Lipinski definition) is 5. The molecule has 1 atom stereocenters. The number of thiazole rings is 1. The Morgan fingerprint density at radius 1 is 1.11 bits per heavy atom. The molecular weight excluding hydrogens is 358 g/mol. The van der Waals surface area contributed by atoms with Crippen molar-refractivity contribution in [2.24, 2.45) is 0 Å². The zero-order chi connectivity index (χ0) is 18.2. The molecule has 3 heterocycles. The summed E-state index contributed by atoms with van der Waals surface area (Å²) in [6.45, 7) is 0.747. The molecule has 0 bridgehead atoms. The number of rotatable bonds is 3. The number of aromatic nitrogens is 2. The summed E-state index contributed by atoms with van der Waals surface area (Å²) in [7, 11) is 0. The molecule has 1 saturated heterocycles. The molecular formula is C21H17N3O2S. The van der Waals surface area contributed by atoms with Crippen molar-refractivity contribution in [3.05, 3.63) is 65.5 Å². The van der Waals surface area contributed by atoms with Crippen LogP contribution in [0.5, 0.6) is 0 Å². The second-order valence-electron chi connectivity index (χ2n) is 6.56. The highest BCUT2D eigenvalue weighted by Gasteiger charge is 2.31. The lowest BCUT2D eigenvalue weighted by Gasteiger charge is -2.21. The number of benzene rings is 2. The van der Waals surface area contributed by atoms with E-state index >= 15 is 0 Å². The highest BCUT2D eigenvalue weighted by Crippen LogP contribution is 2.36. The molecule has 134 valence electrons. The molecule has 0 saturated carbocycles. The molecule has 0 N–H and O–H groups in total. The van der Waals surface area contributed by atoms with Crippen LogP contribution in [0.15, 0.2) is 59.0 Å². The van der Waals surface area contributed by atoms with Gasteiger partial charge in [-0.05, 0) is 37.1 Å². The molecule has 0 radical (unpaired) electrons. The lowest BCUT2D eigenvalue weighted by atomic mass is 10.2. The monoisotopic (exact) mass is 375 g/mol. The number of para-hydroxylation sites is 3. The van der Waals surface area contributed by atoms with Gasteiger partial charge in [0.05, 0.1) is 16.3 Å². The molecule has 1 aliphatic rings. The molecule has 27 heavy (non-hydrogen) atoms. The van der Waals surface area contributed by atoms with E-state index < -0.39 is 0 Å². The summed E-state index contributed by atoms with van der Waals surface area (Å²) < 4.78 is 6.81. The van der Waals surface area contributed by atoms with Crippen molar-refractivity contribution in [2.75, 3.05) is 6.54 Å². The summed E-state index contributed by atoms with van der Waals surface area (Å²) in [5, 5.41) is 1.01. The lowest BCUT2D eigenvalue weighted by Crippen LogP contribution is -2.28. The van der Waals surface area contributed by atoms with E-state index in [0.717, 1.165) is 45.7 Å². The van der Waals surface area contributed by atoms with Crippen LogP contribution in [-0.4, -0.2) is 27.3 Å². The van der Waals surface area contributed by atoms with Crippen molar-refractivity contribution < 1.29 is 9.21 Å². The zero-order valence-corrected chi connectivity index (χ0v) is 15.4. The summed E-state index contributed by atoms with van der Waals surface area (Å²) in [6, 6.07) is 15.7. The topological polar surface area (TPSA) is 59.2 Å². The van der Waals surface area contributed by atoms with E-state index in [9.17, 15) is 4.79 Å². The second kappa shape index (κ2) is 6.63. The molecule has 0 spiro atoms. The van der Waals surface area contributed by atoms with Crippen molar-refractivity contribution in [2.45, 2.75) is 18.9 Å².